The molecule has 1 spiro atoms. The Morgan fingerprint density at radius 3 is 1.54 bits per heavy atom. The summed E-state index contributed by atoms with van der Waals surface area (Å²) in [6, 6.07) is 77.3. The number of hydrogen-bond donors (Lipinski definition) is 0. The first kappa shape index (κ1) is 33.5. The third-order valence-electron chi connectivity index (χ3n) is 12.5. The van der Waals surface area contributed by atoms with Gasteiger partial charge in [0.25, 0.3) is 0 Å². The van der Waals surface area contributed by atoms with Gasteiger partial charge in [-0.2, -0.15) is 0 Å². The van der Waals surface area contributed by atoms with Gasteiger partial charge in [-0.05, 0) is 115 Å². The topological polar surface area (TPSA) is 16.4 Å². The fourth-order valence-corrected chi connectivity index (χ4v) is 9.87. The molecule has 0 saturated carbocycles. The monoisotopic (exact) mass is 751 g/mol. The molecule has 2 aliphatic carbocycles. The van der Waals surface area contributed by atoms with E-state index in [-0.39, 0.29) is 0 Å². The zero-order valence-electron chi connectivity index (χ0n) is 32.2. The molecule has 276 valence electrons. The Bertz CT molecular complexity index is 3210. The quantitative estimate of drug-likeness (QED) is 0.174. The molecule has 0 radical (unpaired) electrons. The summed E-state index contributed by atoms with van der Waals surface area (Å²) in [7, 11) is 0. The van der Waals surface area contributed by atoms with Crippen LogP contribution >= 0.6 is 0 Å². The van der Waals surface area contributed by atoms with Crippen molar-refractivity contribution in [1.29, 1.82) is 0 Å². The zero-order valence-corrected chi connectivity index (χ0v) is 32.2. The Balaban J connectivity index is 0.995. The lowest BCUT2D eigenvalue weighted by Gasteiger charge is -2.35. The molecule has 1 aromatic heterocycles. The first-order valence-corrected chi connectivity index (χ1v) is 20.3. The third kappa shape index (κ3) is 5.13. The van der Waals surface area contributed by atoms with Crippen molar-refractivity contribution in [3.05, 3.63) is 246 Å². The average Bonchev–Trinajstić information content (AvgIpc) is 3.77. The highest BCUT2D eigenvalue weighted by atomic mass is 16.3. The van der Waals surface area contributed by atoms with Crippen LogP contribution in [0.5, 0.6) is 0 Å². The SMILES string of the molecule is C1=Cc2ccccc2C2(c3ccccc31)c1ccccc1-c1ccc(-c3ccc(N(c4ccc(-c5ccccc5)cc4)c4ccc5c(c4)oc4ccccc45)cc3)cc12. The Morgan fingerprint density at radius 1 is 0.322 bits per heavy atom. The molecule has 0 N–H and O–H groups in total. The summed E-state index contributed by atoms with van der Waals surface area (Å²) in [5, 5.41) is 2.24. The molecule has 0 saturated heterocycles. The number of rotatable bonds is 5. The van der Waals surface area contributed by atoms with E-state index in [9.17, 15) is 0 Å². The van der Waals surface area contributed by atoms with Gasteiger partial charge in [-0.25, -0.2) is 0 Å². The van der Waals surface area contributed by atoms with E-state index in [0.717, 1.165) is 39.0 Å². The van der Waals surface area contributed by atoms with Gasteiger partial charge in [0, 0.05) is 33.9 Å². The number of benzene rings is 9. The number of anilines is 3. The molecule has 0 aliphatic heterocycles. The van der Waals surface area contributed by atoms with E-state index in [1.807, 2.05) is 12.1 Å². The van der Waals surface area contributed by atoms with Crippen molar-refractivity contribution in [3.63, 3.8) is 0 Å². The molecule has 10 aromatic rings. The molecule has 0 unspecified atom stereocenters. The highest BCUT2D eigenvalue weighted by Crippen LogP contribution is 2.59. The van der Waals surface area contributed by atoms with Crippen molar-refractivity contribution >= 4 is 51.2 Å². The van der Waals surface area contributed by atoms with E-state index in [1.54, 1.807) is 0 Å². The highest BCUT2D eigenvalue weighted by molar-refractivity contribution is 6.06. The van der Waals surface area contributed by atoms with Crippen LogP contribution in [-0.4, -0.2) is 0 Å². The van der Waals surface area contributed by atoms with Gasteiger partial charge >= 0.3 is 0 Å². The van der Waals surface area contributed by atoms with Gasteiger partial charge in [-0.1, -0.05) is 170 Å². The van der Waals surface area contributed by atoms with Crippen LogP contribution in [-0.2, 0) is 5.41 Å². The molecule has 1 heterocycles. The van der Waals surface area contributed by atoms with Crippen LogP contribution in [0.25, 0.3) is 67.5 Å². The van der Waals surface area contributed by atoms with Crippen molar-refractivity contribution in [1.82, 2.24) is 0 Å². The number of furan rings is 1. The maximum Gasteiger partial charge on any atom is 0.137 e. The van der Waals surface area contributed by atoms with Crippen LogP contribution in [0.2, 0.25) is 0 Å². The van der Waals surface area contributed by atoms with Crippen molar-refractivity contribution in [2.24, 2.45) is 0 Å². The largest absolute Gasteiger partial charge is 0.456 e. The second kappa shape index (κ2) is 13.2. The molecule has 0 fully saturated rings. The molecule has 9 aromatic carbocycles. The van der Waals surface area contributed by atoms with Gasteiger partial charge in [-0.15, -0.1) is 0 Å². The van der Waals surface area contributed by atoms with Crippen LogP contribution in [0.4, 0.5) is 17.1 Å². The molecule has 0 amide bonds. The molecule has 2 heteroatoms. The molecule has 0 bridgehead atoms. The van der Waals surface area contributed by atoms with Crippen molar-refractivity contribution in [2.45, 2.75) is 5.41 Å². The van der Waals surface area contributed by atoms with E-state index >= 15 is 0 Å². The Labute approximate surface area is 343 Å². The van der Waals surface area contributed by atoms with E-state index in [1.165, 1.54) is 66.8 Å². The van der Waals surface area contributed by atoms with Crippen LogP contribution < -0.4 is 4.90 Å². The molecule has 0 atom stereocenters. The number of fused-ring (bicyclic) bond motifs is 12. The number of hydrogen-bond acceptors (Lipinski definition) is 2. The van der Waals surface area contributed by atoms with E-state index in [4.69, 9.17) is 4.42 Å². The first-order chi connectivity index (χ1) is 29.2. The lowest BCUT2D eigenvalue weighted by molar-refractivity contribution is 0.669. The molecule has 59 heavy (non-hydrogen) atoms. The fraction of sp³-hybridized carbons (Fsp3) is 0.0175. The van der Waals surface area contributed by atoms with Crippen LogP contribution in [0.3, 0.4) is 0 Å². The number of para-hydroxylation sites is 1. The Kier molecular flexibility index (Phi) is 7.48. The maximum absolute atomic E-state index is 6.40. The summed E-state index contributed by atoms with van der Waals surface area (Å²) >= 11 is 0. The summed E-state index contributed by atoms with van der Waals surface area (Å²) < 4.78 is 6.40. The Hall–Kier alpha value is -7.68. The molecule has 12 rings (SSSR count). The van der Waals surface area contributed by atoms with Gasteiger partial charge in [0.2, 0.25) is 0 Å². The minimum atomic E-state index is -0.462. The summed E-state index contributed by atoms with van der Waals surface area (Å²) in [4.78, 5) is 2.33. The van der Waals surface area contributed by atoms with Gasteiger partial charge in [0.1, 0.15) is 11.2 Å². The first-order valence-electron chi connectivity index (χ1n) is 20.3. The highest BCUT2D eigenvalue weighted by Gasteiger charge is 2.48. The lowest BCUT2D eigenvalue weighted by Crippen LogP contribution is -2.29. The Morgan fingerprint density at radius 2 is 0.831 bits per heavy atom. The second-order valence-corrected chi connectivity index (χ2v) is 15.6. The van der Waals surface area contributed by atoms with E-state index < -0.39 is 5.41 Å². The van der Waals surface area contributed by atoms with Gasteiger partial charge in [0.05, 0.1) is 5.41 Å². The predicted octanol–water partition coefficient (Wildman–Crippen LogP) is 15.2. The summed E-state index contributed by atoms with van der Waals surface area (Å²) in [5.74, 6) is 0. The standard InChI is InChI=1S/C57H37NO/c1-2-12-38(13-3-1)39-24-29-44(30-25-39)58(46-33-35-50-49-17-7-11-21-55(49)59-56(50)37-46)45-31-26-40(27-32-45)43-28-34-48-47-16-6-10-20-53(47)57(54(48)36-43)51-18-8-4-14-41(51)22-23-42-15-5-9-19-52(42)57/h1-37H. The van der Waals surface area contributed by atoms with Gasteiger partial charge in [0.15, 0.2) is 0 Å². The van der Waals surface area contributed by atoms with Crippen molar-refractivity contribution in [2.75, 3.05) is 4.90 Å². The van der Waals surface area contributed by atoms with Crippen LogP contribution in [0, 0.1) is 0 Å². The number of nitrogens with zero attached hydrogens (tertiary/aromatic N) is 1. The minimum absolute atomic E-state index is 0.462. The predicted molar refractivity (Wildman–Crippen MR) is 246 cm³/mol. The maximum atomic E-state index is 6.40. The molecular formula is C57H37NO. The van der Waals surface area contributed by atoms with Crippen LogP contribution in [0.1, 0.15) is 33.4 Å². The van der Waals surface area contributed by atoms with Crippen molar-refractivity contribution < 1.29 is 4.42 Å². The molecule has 2 nitrogen and oxygen atoms in total. The molecular weight excluding hydrogens is 715 g/mol. The van der Waals surface area contributed by atoms with Crippen LogP contribution in [0.15, 0.2) is 217 Å². The normalized spacial score (nSPS) is 13.2. The van der Waals surface area contributed by atoms with Gasteiger partial charge in [-0.3, -0.25) is 0 Å². The van der Waals surface area contributed by atoms with Crippen molar-refractivity contribution in [3.8, 4) is 33.4 Å². The van der Waals surface area contributed by atoms with E-state index in [2.05, 4.69) is 217 Å². The second-order valence-electron chi connectivity index (χ2n) is 15.6. The average molecular weight is 752 g/mol. The zero-order chi connectivity index (χ0) is 38.9. The minimum Gasteiger partial charge on any atom is -0.456 e. The summed E-state index contributed by atoms with van der Waals surface area (Å²) in [5.41, 5.74) is 19.6. The van der Waals surface area contributed by atoms with Gasteiger partial charge < -0.3 is 9.32 Å². The van der Waals surface area contributed by atoms with E-state index in [0.29, 0.717) is 0 Å². The summed E-state index contributed by atoms with van der Waals surface area (Å²) in [6.45, 7) is 0. The third-order valence-corrected chi connectivity index (χ3v) is 12.5. The lowest BCUT2D eigenvalue weighted by atomic mass is 9.66. The summed E-state index contributed by atoms with van der Waals surface area (Å²) in [6.07, 6.45) is 4.58. The molecule has 2 aliphatic rings. The smallest absolute Gasteiger partial charge is 0.137 e. The fourth-order valence-electron chi connectivity index (χ4n) is 9.87.